The number of nitrogens with zero attached hydrogens (tertiary/aromatic N) is 3. The molecule has 0 spiro atoms. The van der Waals surface area contributed by atoms with Gasteiger partial charge in [0.2, 0.25) is 11.8 Å². The molecular formula is C22H27N5O4. The summed E-state index contributed by atoms with van der Waals surface area (Å²) in [6.07, 6.45) is 0.720. The average Bonchev–Trinajstić information content (AvgIpc) is 2.99. The number of aromatic nitrogens is 2. The Balaban J connectivity index is 1.54. The minimum absolute atomic E-state index is 0.179. The van der Waals surface area contributed by atoms with Crippen LogP contribution < -0.4 is 16.3 Å². The predicted molar refractivity (Wildman–Crippen MR) is 116 cm³/mol. The van der Waals surface area contributed by atoms with Gasteiger partial charge in [0.05, 0.1) is 30.3 Å². The van der Waals surface area contributed by atoms with Crippen LogP contribution in [0, 0.1) is 11.8 Å². The minimum atomic E-state index is -0.683. The molecule has 4 rings (SSSR count). The van der Waals surface area contributed by atoms with Crippen LogP contribution in [0.3, 0.4) is 0 Å². The molecule has 2 fully saturated rings. The quantitative estimate of drug-likeness (QED) is 0.511. The third kappa shape index (κ3) is 4.42. The summed E-state index contributed by atoms with van der Waals surface area (Å²) in [5.74, 6) is 5.67. The van der Waals surface area contributed by atoms with Crippen LogP contribution in [0.5, 0.6) is 0 Å². The number of carbonyl (C=O) groups excluding carboxylic acids is 2. The first kappa shape index (κ1) is 21.3. The molecule has 2 amide bonds. The van der Waals surface area contributed by atoms with Gasteiger partial charge in [-0.25, -0.2) is 4.79 Å². The number of carbonyl (C=O) groups is 2. The fraction of sp³-hybridized carbons (Fsp3) is 0.500. The number of hydrogen-bond donors (Lipinski definition) is 2. The molecule has 0 radical (unpaired) electrons. The number of nitrogens with one attached hydrogen (secondary N) is 2. The Morgan fingerprint density at radius 2 is 2.10 bits per heavy atom. The van der Waals surface area contributed by atoms with Crippen molar-refractivity contribution < 1.29 is 14.3 Å². The van der Waals surface area contributed by atoms with E-state index in [4.69, 9.17) is 4.74 Å². The number of rotatable bonds is 4. The SMILES string of the molecule is CNC[C@@H]1CN(CC#Cc2ccc3c(c2)n(C)c(=O)n3C2CCC(=O)NC2=O)CCO1. The summed E-state index contributed by atoms with van der Waals surface area (Å²) < 4.78 is 8.72. The third-order valence-corrected chi connectivity index (χ3v) is 5.80. The molecule has 1 aromatic carbocycles. The lowest BCUT2D eigenvalue weighted by molar-refractivity contribution is -0.135. The molecule has 1 unspecified atom stereocenters. The van der Waals surface area contributed by atoms with Crippen LogP contribution in [-0.2, 0) is 21.4 Å². The second kappa shape index (κ2) is 9.06. The number of imidazole rings is 1. The Hall–Kier alpha value is -2.93. The van der Waals surface area contributed by atoms with Crippen LogP contribution in [0.1, 0.15) is 24.4 Å². The smallest absolute Gasteiger partial charge is 0.329 e. The number of likely N-dealkylation sites (N-methyl/N-ethyl adjacent to an activating group) is 1. The van der Waals surface area contributed by atoms with Gasteiger partial charge >= 0.3 is 5.69 Å². The maximum absolute atomic E-state index is 12.8. The monoisotopic (exact) mass is 425 g/mol. The maximum atomic E-state index is 12.8. The first-order chi connectivity index (χ1) is 15.0. The van der Waals surface area contributed by atoms with Crippen LogP contribution in [0.2, 0.25) is 0 Å². The largest absolute Gasteiger partial charge is 0.374 e. The van der Waals surface area contributed by atoms with E-state index in [9.17, 15) is 14.4 Å². The molecule has 2 aliphatic heterocycles. The van der Waals surface area contributed by atoms with Crippen molar-refractivity contribution in [3.63, 3.8) is 0 Å². The van der Waals surface area contributed by atoms with Crippen molar-refractivity contribution in [3.05, 3.63) is 34.2 Å². The van der Waals surface area contributed by atoms with Crippen molar-refractivity contribution in [2.75, 3.05) is 39.8 Å². The predicted octanol–water partition coefficient (Wildman–Crippen LogP) is -0.411. The Bertz CT molecular complexity index is 1120. The average molecular weight is 425 g/mol. The summed E-state index contributed by atoms with van der Waals surface area (Å²) in [5, 5.41) is 5.46. The van der Waals surface area contributed by atoms with Crippen molar-refractivity contribution in [1.82, 2.24) is 24.7 Å². The molecule has 1 aromatic heterocycles. The summed E-state index contributed by atoms with van der Waals surface area (Å²) in [7, 11) is 3.60. The molecule has 2 aliphatic rings. The number of imide groups is 1. The van der Waals surface area contributed by atoms with E-state index >= 15 is 0 Å². The molecule has 0 aliphatic carbocycles. The van der Waals surface area contributed by atoms with E-state index in [1.165, 1.54) is 9.13 Å². The molecule has 3 heterocycles. The summed E-state index contributed by atoms with van der Waals surface area (Å²) in [4.78, 5) is 38.9. The Kier molecular flexibility index (Phi) is 6.23. The molecule has 2 atom stereocenters. The van der Waals surface area contributed by atoms with Crippen LogP contribution >= 0.6 is 0 Å². The summed E-state index contributed by atoms with van der Waals surface area (Å²) in [6.45, 7) is 3.88. The van der Waals surface area contributed by atoms with Gasteiger partial charge in [-0.3, -0.25) is 28.9 Å². The second-order valence-corrected chi connectivity index (χ2v) is 7.97. The van der Waals surface area contributed by atoms with E-state index < -0.39 is 11.9 Å². The molecule has 0 bridgehead atoms. The minimum Gasteiger partial charge on any atom is -0.374 e. The zero-order chi connectivity index (χ0) is 22.0. The van der Waals surface area contributed by atoms with E-state index in [1.807, 2.05) is 25.2 Å². The van der Waals surface area contributed by atoms with Crippen LogP contribution in [0.25, 0.3) is 11.0 Å². The van der Waals surface area contributed by atoms with E-state index in [1.54, 1.807) is 7.05 Å². The molecule has 31 heavy (non-hydrogen) atoms. The highest BCUT2D eigenvalue weighted by molar-refractivity contribution is 6.00. The molecule has 2 N–H and O–H groups in total. The zero-order valence-electron chi connectivity index (χ0n) is 17.8. The molecule has 9 nitrogen and oxygen atoms in total. The van der Waals surface area contributed by atoms with Gasteiger partial charge in [0.25, 0.3) is 0 Å². The molecule has 164 valence electrons. The van der Waals surface area contributed by atoms with Gasteiger partial charge in [-0.1, -0.05) is 11.8 Å². The van der Waals surface area contributed by atoms with Crippen LogP contribution in [0.15, 0.2) is 23.0 Å². The Morgan fingerprint density at radius 1 is 1.26 bits per heavy atom. The van der Waals surface area contributed by atoms with Gasteiger partial charge in [-0.15, -0.1) is 0 Å². The number of fused-ring (bicyclic) bond motifs is 1. The summed E-state index contributed by atoms with van der Waals surface area (Å²) in [5.41, 5.74) is 1.90. The topological polar surface area (TPSA) is 97.6 Å². The normalized spacial score (nSPS) is 22.3. The Morgan fingerprint density at radius 3 is 2.87 bits per heavy atom. The van der Waals surface area contributed by atoms with E-state index in [2.05, 4.69) is 27.4 Å². The van der Waals surface area contributed by atoms with Crippen molar-refractivity contribution in [1.29, 1.82) is 0 Å². The van der Waals surface area contributed by atoms with E-state index in [0.717, 1.165) is 25.2 Å². The summed E-state index contributed by atoms with van der Waals surface area (Å²) >= 11 is 0. The molecule has 9 heteroatoms. The van der Waals surface area contributed by atoms with Gasteiger partial charge in [-0.05, 0) is 31.7 Å². The fourth-order valence-corrected chi connectivity index (χ4v) is 4.20. The number of amides is 2. The molecule has 2 saturated heterocycles. The van der Waals surface area contributed by atoms with Crippen molar-refractivity contribution in [2.45, 2.75) is 25.0 Å². The number of aryl methyl sites for hydroxylation is 1. The molecule has 0 saturated carbocycles. The first-order valence-electron chi connectivity index (χ1n) is 10.5. The van der Waals surface area contributed by atoms with Crippen LogP contribution in [-0.4, -0.2) is 71.8 Å². The van der Waals surface area contributed by atoms with Crippen molar-refractivity contribution >= 4 is 22.8 Å². The van der Waals surface area contributed by atoms with Crippen LogP contribution in [0.4, 0.5) is 0 Å². The van der Waals surface area contributed by atoms with E-state index in [-0.39, 0.29) is 24.1 Å². The van der Waals surface area contributed by atoms with Gasteiger partial charge < -0.3 is 10.1 Å². The second-order valence-electron chi connectivity index (χ2n) is 7.97. The van der Waals surface area contributed by atoms with Crippen molar-refractivity contribution in [3.8, 4) is 11.8 Å². The highest BCUT2D eigenvalue weighted by Gasteiger charge is 2.31. The number of ether oxygens (including phenoxy) is 1. The molecule has 2 aromatic rings. The highest BCUT2D eigenvalue weighted by Crippen LogP contribution is 2.23. The third-order valence-electron chi connectivity index (χ3n) is 5.80. The molecular weight excluding hydrogens is 398 g/mol. The number of benzene rings is 1. The number of piperidine rings is 1. The maximum Gasteiger partial charge on any atom is 0.329 e. The van der Waals surface area contributed by atoms with Gasteiger partial charge in [-0.2, -0.15) is 0 Å². The lowest BCUT2D eigenvalue weighted by atomic mass is 10.1. The Labute approximate surface area is 180 Å². The first-order valence-corrected chi connectivity index (χ1v) is 10.5. The number of hydrogen-bond acceptors (Lipinski definition) is 6. The van der Waals surface area contributed by atoms with Crippen molar-refractivity contribution in [2.24, 2.45) is 7.05 Å². The lowest BCUT2D eigenvalue weighted by Crippen LogP contribution is -2.46. The van der Waals surface area contributed by atoms with Gasteiger partial charge in [0.1, 0.15) is 6.04 Å². The highest BCUT2D eigenvalue weighted by atomic mass is 16.5. The zero-order valence-corrected chi connectivity index (χ0v) is 17.8. The van der Waals surface area contributed by atoms with E-state index in [0.29, 0.717) is 30.6 Å². The van der Waals surface area contributed by atoms with Gasteiger partial charge in [0, 0.05) is 38.7 Å². The lowest BCUT2D eigenvalue weighted by Gasteiger charge is -2.31. The van der Waals surface area contributed by atoms with Gasteiger partial charge in [0.15, 0.2) is 0 Å². The standard InChI is InChI=1S/C22H27N5O4/c1-23-13-16-14-26(10-11-31-16)9-3-4-15-5-6-17-19(12-15)25(2)22(30)27(17)18-7-8-20(28)24-21(18)29/h5-6,12,16,18,23H,7-11,13-14H2,1-2H3,(H,24,28,29)/t16-,18?/m1/s1. The number of morpholine rings is 1. The summed E-state index contributed by atoms with van der Waals surface area (Å²) in [6, 6.07) is 4.87. The fourth-order valence-electron chi connectivity index (χ4n) is 4.20.